The fourth-order valence-corrected chi connectivity index (χ4v) is 5.09. The molecule has 2 heterocycles. The summed E-state index contributed by atoms with van der Waals surface area (Å²) in [5, 5.41) is 13.0. The lowest BCUT2D eigenvalue weighted by molar-refractivity contribution is -0.140. The third-order valence-electron chi connectivity index (χ3n) is 6.23. The fourth-order valence-electron chi connectivity index (χ4n) is 4.77. The molecule has 6 nitrogen and oxygen atoms in total. The molecule has 1 aliphatic rings. The van der Waals surface area contributed by atoms with Crippen molar-refractivity contribution >= 4 is 34.2 Å². The second kappa shape index (κ2) is 11.6. The Morgan fingerprint density at radius 2 is 1.89 bits per heavy atom. The number of fused-ring (bicyclic) bond motifs is 1. The lowest BCUT2D eigenvalue weighted by Crippen LogP contribution is -2.36. The molecule has 0 spiro atoms. The van der Waals surface area contributed by atoms with Crippen molar-refractivity contribution in [2.24, 2.45) is 5.14 Å². The normalized spacial score (nSPS) is 19.8. The molecular formula is C27H31F3N4O2S. The van der Waals surface area contributed by atoms with E-state index >= 15 is 0 Å². The van der Waals surface area contributed by atoms with Gasteiger partial charge in [0.25, 0.3) is 0 Å². The minimum Gasteiger partial charge on any atom is -0.495 e. The van der Waals surface area contributed by atoms with E-state index in [2.05, 4.69) is 22.5 Å². The Hall–Kier alpha value is -3.00. The zero-order valence-corrected chi connectivity index (χ0v) is 21.8. The third kappa shape index (κ3) is 6.86. The Morgan fingerprint density at radius 3 is 2.57 bits per heavy atom. The number of hydrogen-bond donors (Lipinski definition) is 3. The van der Waals surface area contributed by atoms with Crippen LogP contribution in [-0.2, 0) is 11.3 Å². The van der Waals surface area contributed by atoms with E-state index in [0.29, 0.717) is 22.3 Å². The molecule has 1 saturated heterocycles. The topological polar surface area (TPSA) is 73.5 Å². The summed E-state index contributed by atoms with van der Waals surface area (Å²) in [6.45, 7) is 3.18. The summed E-state index contributed by atoms with van der Waals surface area (Å²) in [7, 11) is 1.56. The van der Waals surface area contributed by atoms with Gasteiger partial charge in [0.15, 0.2) is 0 Å². The monoisotopic (exact) mass is 532 g/mol. The largest absolute Gasteiger partial charge is 0.495 e. The number of rotatable bonds is 7. The molecule has 2 aromatic carbocycles. The van der Waals surface area contributed by atoms with Crippen LogP contribution in [0.1, 0.15) is 32.4 Å². The predicted octanol–water partition coefficient (Wildman–Crippen LogP) is 6.01. The number of nitrogens with one attached hydrogen (secondary N) is 2. The Labute approximate surface area is 219 Å². The maximum Gasteiger partial charge on any atom is 0.406 e. The Balaban J connectivity index is 1.60. The van der Waals surface area contributed by atoms with Crippen molar-refractivity contribution in [2.75, 3.05) is 24.3 Å². The summed E-state index contributed by atoms with van der Waals surface area (Å²) in [5.74, 6) is 6.50. The lowest BCUT2D eigenvalue weighted by Gasteiger charge is -2.33. The molecule has 0 aliphatic carbocycles. The number of anilines is 2. The standard InChI is InChI=1S/C27H31F3N4O2S/c1-17-12-19(13-18(2)36-17)33-23-7-4-8-25-22(23)14-20(34(25)16-27(28,29)30)6-5-11-32-24-10-9-21(37-31)15-26(24)35-3/h4,7-10,14-15,17-19,32-33H,11-13,16,31H2,1-3H3. The van der Waals surface area contributed by atoms with Crippen LogP contribution in [0.5, 0.6) is 5.75 Å². The number of nitrogens with zero attached hydrogens (tertiary/aromatic N) is 1. The highest BCUT2D eigenvalue weighted by Crippen LogP contribution is 2.32. The van der Waals surface area contributed by atoms with Crippen LogP contribution in [0.3, 0.4) is 0 Å². The quantitative estimate of drug-likeness (QED) is 0.256. The number of hydrogen-bond acceptors (Lipinski definition) is 6. The Morgan fingerprint density at radius 1 is 1.14 bits per heavy atom. The molecule has 0 saturated carbocycles. The van der Waals surface area contributed by atoms with Crippen molar-refractivity contribution in [1.82, 2.24) is 4.57 Å². The molecule has 198 valence electrons. The molecule has 1 aliphatic heterocycles. The second-order valence-corrected chi connectivity index (χ2v) is 9.88. The smallest absolute Gasteiger partial charge is 0.406 e. The van der Waals surface area contributed by atoms with Crippen LogP contribution in [0.25, 0.3) is 10.9 Å². The molecule has 0 bridgehead atoms. The summed E-state index contributed by atoms with van der Waals surface area (Å²) in [5.41, 5.74) is 2.31. The number of methoxy groups -OCH3 is 1. The van der Waals surface area contributed by atoms with E-state index in [1.807, 2.05) is 32.0 Å². The highest BCUT2D eigenvalue weighted by molar-refractivity contribution is 7.97. The van der Waals surface area contributed by atoms with Gasteiger partial charge >= 0.3 is 6.18 Å². The molecule has 4 N–H and O–H groups in total. The maximum absolute atomic E-state index is 13.5. The van der Waals surface area contributed by atoms with Gasteiger partial charge in [0, 0.05) is 22.0 Å². The zero-order valence-electron chi connectivity index (χ0n) is 21.0. The molecule has 1 aromatic heterocycles. The molecule has 0 amide bonds. The maximum atomic E-state index is 13.5. The van der Waals surface area contributed by atoms with Crippen molar-refractivity contribution in [2.45, 2.75) is 62.6 Å². The van der Waals surface area contributed by atoms with E-state index in [1.54, 1.807) is 31.4 Å². The molecule has 0 radical (unpaired) electrons. The van der Waals surface area contributed by atoms with Crippen LogP contribution in [0.4, 0.5) is 24.5 Å². The van der Waals surface area contributed by atoms with Gasteiger partial charge in [-0.05, 0) is 81.0 Å². The highest BCUT2D eigenvalue weighted by atomic mass is 32.2. The average Bonchev–Trinajstić information content (AvgIpc) is 3.18. The van der Waals surface area contributed by atoms with Crippen LogP contribution in [0, 0.1) is 11.8 Å². The number of halogens is 3. The van der Waals surface area contributed by atoms with Gasteiger partial charge in [0.1, 0.15) is 12.3 Å². The van der Waals surface area contributed by atoms with Crippen LogP contribution in [-0.4, -0.2) is 42.6 Å². The molecule has 37 heavy (non-hydrogen) atoms. The fraction of sp³-hybridized carbons (Fsp3) is 0.407. The van der Waals surface area contributed by atoms with E-state index in [4.69, 9.17) is 14.6 Å². The first-order valence-electron chi connectivity index (χ1n) is 12.1. The number of ether oxygens (including phenoxy) is 2. The number of aromatic nitrogens is 1. The Bertz CT molecular complexity index is 1290. The van der Waals surface area contributed by atoms with E-state index in [0.717, 1.165) is 41.1 Å². The van der Waals surface area contributed by atoms with Crippen molar-refractivity contribution in [1.29, 1.82) is 0 Å². The summed E-state index contributed by atoms with van der Waals surface area (Å²) >= 11 is 1.11. The van der Waals surface area contributed by atoms with Gasteiger partial charge in [-0.3, -0.25) is 5.14 Å². The van der Waals surface area contributed by atoms with Crippen molar-refractivity contribution < 1.29 is 22.6 Å². The van der Waals surface area contributed by atoms with E-state index in [9.17, 15) is 13.2 Å². The van der Waals surface area contributed by atoms with Crippen LogP contribution >= 0.6 is 11.9 Å². The predicted molar refractivity (Wildman–Crippen MR) is 143 cm³/mol. The number of alkyl halides is 3. The van der Waals surface area contributed by atoms with Gasteiger partial charge < -0.3 is 24.7 Å². The minimum absolute atomic E-state index is 0.119. The van der Waals surface area contributed by atoms with Gasteiger partial charge in [-0.25, -0.2) is 0 Å². The highest BCUT2D eigenvalue weighted by Gasteiger charge is 2.30. The van der Waals surface area contributed by atoms with Gasteiger partial charge in [0.2, 0.25) is 0 Å². The third-order valence-corrected chi connectivity index (χ3v) is 6.76. The zero-order chi connectivity index (χ0) is 26.6. The summed E-state index contributed by atoms with van der Waals surface area (Å²) in [6.07, 6.45) is -2.49. The van der Waals surface area contributed by atoms with Crippen molar-refractivity contribution in [3.05, 3.63) is 48.2 Å². The van der Waals surface area contributed by atoms with E-state index < -0.39 is 12.7 Å². The molecule has 3 aromatic rings. The average molecular weight is 533 g/mol. The molecule has 2 atom stereocenters. The van der Waals surface area contributed by atoms with Crippen molar-refractivity contribution in [3.63, 3.8) is 0 Å². The first-order chi connectivity index (χ1) is 17.7. The first-order valence-corrected chi connectivity index (χ1v) is 12.9. The molecule has 2 unspecified atom stereocenters. The van der Waals surface area contributed by atoms with Gasteiger partial charge in [0.05, 0.1) is 42.8 Å². The van der Waals surface area contributed by atoms with Crippen LogP contribution < -0.4 is 20.5 Å². The number of benzene rings is 2. The summed E-state index contributed by atoms with van der Waals surface area (Å²) in [4.78, 5) is 0.847. The van der Waals surface area contributed by atoms with Gasteiger partial charge in [-0.2, -0.15) is 13.2 Å². The Kier molecular flexibility index (Phi) is 8.47. The molecule has 4 rings (SSSR count). The van der Waals surface area contributed by atoms with Gasteiger partial charge in [-0.15, -0.1) is 0 Å². The molecule has 10 heteroatoms. The lowest BCUT2D eigenvalue weighted by atomic mass is 9.99. The van der Waals surface area contributed by atoms with E-state index in [1.165, 1.54) is 4.57 Å². The van der Waals surface area contributed by atoms with Crippen LogP contribution in [0.2, 0.25) is 0 Å². The summed E-state index contributed by atoms with van der Waals surface area (Å²) < 4.78 is 53.0. The molecule has 1 fully saturated rings. The van der Waals surface area contributed by atoms with Crippen LogP contribution in [0.15, 0.2) is 47.4 Å². The second-order valence-electron chi connectivity index (χ2n) is 9.17. The summed E-state index contributed by atoms with van der Waals surface area (Å²) in [6, 6.07) is 12.8. The molecular weight excluding hydrogens is 501 g/mol. The van der Waals surface area contributed by atoms with Gasteiger partial charge in [-0.1, -0.05) is 12.0 Å². The first kappa shape index (κ1) is 27.0. The van der Waals surface area contributed by atoms with Crippen molar-refractivity contribution in [3.8, 4) is 17.6 Å². The van der Waals surface area contributed by atoms with E-state index in [-0.39, 0.29) is 24.8 Å². The SMILES string of the molecule is COc1cc(SN)ccc1NCC#Cc1cc2c(NC3CC(C)OC(C)C3)cccc2n1CC(F)(F)F. The minimum atomic E-state index is -4.38. The number of nitrogens with two attached hydrogens (primary N) is 1.